The van der Waals surface area contributed by atoms with Crippen LogP contribution in [0.4, 0.5) is 13.2 Å². The normalized spacial score (nSPS) is 24.5. The number of alkyl halides is 3. The Hall–Kier alpha value is -1.93. The predicted molar refractivity (Wildman–Crippen MR) is 84.2 cm³/mol. The van der Waals surface area contributed by atoms with Gasteiger partial charge in [-0.3, -0.25) is 4.90 Å². The van der Waals surface area contributed by atoms with Crippen LogP contribution >= 0.6 is 0 Å². The molecule has 0 saturated heterocycles. The van der Waals surface area contributed by atoms with Crippen LogP contribution in [0.2, 0.25) is 0 Å². The molecule has 1 aliphatic carbocycles. The zero-order valence-electron chi connectivity index (χ0n) is 13.6. The van der Waals surface area contributed by atoms with Crippen molar-refractivity contribution in [3.63, 3.8) is 0 Å². The Morgan fingerprint density at radius 1 is 1.12 bits per heavy atom. The Morgan fingerprint density at radius 3 is 2.60 bits per heavy atom. The van der Waals surface area contributed by atoms with Crippen molar-refractivity contribution in [2.24, 2.45) is 5.73 Å². The maximum Gasteiger partial charge on any atom is 0.471 e. The summed E-state index contributed by atoms with van der Waals surface area (Å²) in [6, 6.07) is 6.09. The van der Waals surface area contributed by atoms with Crippen molar-refractivity contribution in [2.45, 2.75) is 57.0 Å². The molecule has 0 radical (unpaired) electrons. The number of hydrogen-bond acceptors (Lipinski definition) is 5. The molecule has 1 saturated carbocycles. The van der Waals surface area contributed by atoms with E-state index in [4.69, 9.17) is 5.73 Å². The summed E-state index contributed by atoms with van der Waals surface area (Å²) in [7, 11) is 0. The van der Waals surface area contributed by atoms with E-state index in [0.717, 1.165) is 31.5 Å². The number of nitrogens with zero attached hydrogens (tertiary/aromatic N) is 3. The average Bonchev–Trinajstić information content (AvgIpc) is 3.21. The molecule has 1 fully saturated rings. The fourth-order valence-electron chi connectivity index (χ4n) is 3.84. The average molecular weight is 352 g/mol. The first-order chi connectivity index (χ1) is 11.9. The third-order valence-electron chi connectivity index (χ3n) is 5.13. The number of hydrogen-bond donors (Lipinski definition) is 1. The highest BCUT2D eigenvalue weighted by molar-refractivity contribution is 5.57. The molecule has 2 N–H and O–H groups in total. The monoisotopic (exact) mass is 352 g/mol. The van der Waals surface area contributed by atoms with E-state index in [-0.39, 0.29) is 11.9 Å². The molecule has 134 valence electrons. The van der Waals surface area contributed by atoms with Gasteiger partial charge in [-0.1, -0.05) is 30.1 Å². The highest BCUT2D eigenvalue weighted by atomic mass is 19.4. The third-order valence-corrected chi connectivity index (χ3v) is 5.13. The summed E-state index contributed by atoms with van der Waals surface area (Å²) in [5.41, 5.74) is 9.09. The van der Waals surface area contributed by atoms with E-state index >= 15 is 0 Å². The molecule has 0 amide bonds. The number of nitrogens with two attached hydrogens (primary N) is 1. The number of rotatable bonds is 2. The van der Waals surface area contributed by atoms with E-state index < -0.39 is 12.1 Å². The minimum Gasteiger partial charge on any atom is -0.329 e. The zero-order valence-corrected chi connectivity index (χ0v) is 13.6. The highest BCUT2D eigenvalue weighted by Crippen LogP contribution is 2.33. The van der Waals surface area contributed by atoms with Gasteiger partial charge in [0.05, 0.1) is 0 Å². The molecule has 2 aliphatic rings. The van der Waals surface area contributed by atoms with Crippen LogP contribution in [0.5, 0.6) is 0 Å². The van der Waals surface area contributed by atoms with E-state index in [1.54, 1.807) is 6.07 Å². The third kappa shape index (κ3) is 3.16. The Bertz CT molecular complexity index is 773. The Morgan fingerprint density at radius 2 is 1.88 bits per heavy atom. The molecule has 1 aromatic carbocycles. The molecule has 1 aromatic heterocycles. The first-order valence-electron chi connectivity index (χ1n) is 8.44. The van der Waals surface area contributed by atoms with Gasteiger partial charge in [0.1, 0.15) is 0 Å². The summed E-state index contributed by atoms with van der Waals surface area (Å²) < 4.78 is 42.2. The van der Waals surface area contributed by atoms with E-state index in [0.29, 0.717) is 11.6 Å². The number of fused-ring (bicyclic) bond motifs is 1. The van der Waals surface area contributed by atoms with Crippen LogP contribution in [0.1, 0.15) is 42.7 Å². The first kappa shape index (κ1) is 16.5. The summed E-state index contributed by atoms with van der Waals surface area (Å²) in [5, 5.41) is 3.46. The van der Waals surface area contributed by atoms with Crippen molar-refractivity contribution < 1.29 is 17.7 Å². The largest absolute Gasteiger partial charge is 0.471 e. The van der Waals surface area contributed by atoms with Crippen molar-refractivity contribution >= 4 is 0 Å². The molecule has 8 heteroatoms. The molecule has 2 aromatic rings. The molecular weight excluding hydrogens is 333 g/mol. The molecule has 1 aliphatic heterocycles. The lowest BCUT2D eigenvalue weighted by Crippen LogP contribution is -2.47. The van der Waals surface area contributed by atoms with Crippen LogP contribution in [-0.4, -0.2) is 27.1 Å². The number of aromatic nitrogens is 2. The highest BCUT2D eigenvalue weighted by Gasteiger charge is 2.38. The Labute approximate surface area is 143 Å². The van der Waals surface area contributed by atoms with Gasteiger partial charge in [0.2, 0.25) is 5.82 Å². The van der Waals surface area contributed by atoms with Gasteiger partial charge in [-0.05, 0) is 30.0 Å². The lowest BCUT2D eigenvalue weighted by molar-refractivity contribution is -0.159. The summed E-state index contributed by atoms with van der Waals surface area (Å²) in [5.74, 6) is -1.36. The lowest BCUT2D eigenvalue weighted by atomic mass is 9.90. The van der Waals surface area contributed by atoms with Gasteiger partial charge in [-0.2, -0.15) is 18.2 Å². The smallest absolute Gasteiger partial charge is 0.329 e. The van der Waals surface area contributed by atoms with Gasteiger partial charge < -0.3 is 10.3 Å². The molecule has 2 atom stereocenters. The molecular formula is C17H19F3N4O. The summed E-state index contributed by atoms with van der Waals surface area (Å²) >= 11 is 0. The van der Waals surface area contributed by atoms with Crippen LogP contribution in [-0.2, 0) is 19.3 Å². The van der Waals surface area contributed by atoms with Gasteiger partial charge >= 0.3 is 12.1 Å². The second-order valence-corrected chi connectivity index (χ2v) is 6.83. The lowest BCUT2D eigenvalue weighted by Gasteiger charge is -2.35. The predicted octanol–water partition coefficient (Wildman–Crippen LogP) is 3.34. The molecule has 5 nitrogen and oxygen atoms in total. The van der Waals surface area contributed by atoms with Crippen molar-refractivity contribution in [3.05, 3.63) is 35.2 Å². The van der Waals surface area contributed by atoms with Crippen molar-refractivity contribution in [1.29, 1.82) is 0 Å². The summed E-state index contributed by atoms with van der Waals surface area (Å²) in [6.45, 7) is 1.58. The van der Waals surface area contributed by atoms with E-state index in [2.05, 4.69) is 19.6 Å². The second kappa shape index (κ2) is 6.10. The van der Waals surface area contributed by atoms with E-state index in [9.17, 15) is 13.2 Å². The topological polar surface area (TPSA) is 68.2 Å². The van der Waals surface area contributed by atoms with Gasteiger partial charge in [-0.25, -0.2) is 0 Å². The van der Waals surface area contributed by atoms with Gasteiger partial charge in [0, 0.05) is 30.7 Å². The minimum absolute atomic E-state index is 0.0389. The molecule has 25 heavy (non-hydrogen) atoms. The maximum absolute atomic E-state index is 12.6. The number of halogens is 3. The van der Waals surface area contributed by atoms with Crippen LogP contribution < -0.4 is 5.73 Å². The number of benzene rings is 1. The van der Waals surface area contributed by atoms with Crippen LogP contribution in [0.25, 0.3) is 11.4 Å². The molecule has 2 heterocycles. The van der Waals surface area contributed by atoms with Gasteiger partial charge in [0.15, 0.2) is 0 Å². The second-order valence-electron chi connectivity index (χ2n) is 6.83. The van der Waals surface area contributed by atoms with Crippen LogP contribution in [0, 0.1) is 0 Å². The first-order valence-corrected chi connectivity index (χ1v) is 8.44. The summed E-state index contributed by atoms with van der Waals surface area (Å²) in [4.78, 5) is 5.83. The molecule has 4 rings (SSSR count). The van der Waals surface area contributed by atoms with Crippen molar-refractivity contribution in [3.8, 4) is 11.4 Å². The van der Waals surface area contributed by atoms with Crippen LogP contribution in [0.15, 0.2) is 22.7 Å². The maximum atomic E-state index is 12.6. The van der Waals surface area contributed by atoms with E-state index in [1.165, 1.54) is 18.4 Å². The van der Waals surface area contributed by atoms with Crippen molar-refractivity contribution in [1.82, 2.24) is 15.0 Å². The Balaban J connectivity index is 1.55. The fraction of sp³-hybridized carbons (Fsp3) is 0.529. The van der Waals surface area contributed by atoms with E-state index in [1.807, 2.05) is 12.1 Å². The fourth-order valence-corrected chi connectivity index (χ4v) is 3.84. The standard InChI is InChI=1S/C17H19F3N4O/c18-17(19,20)16-22-15(23-25-16)10-5-6-11-8-24(9-12(11)7-10)14-4-2-1-3-13(14)21/h5-7,13-14H,1-4,8-9,21H2/t13-,14-/m1/s1. The SMILES string of the molecule is N[C@@H]1CCCC[C@H]1N1Cc2ccc(-c3noc(C(F)(F)F)n3)cc2C1. The molecule has 0 bridgehead atoms. The van der Waals surface area contributed by atoms with Crippen LogP contribution in [0.3, 0.4) is 0 Å². The Kier molecular flexibility index (Phi) is 4.04. The summed E-state index contributed by atoms with van der Waals surface area (Å²) in [6.07, 6.45) is -0.106. The van der Waals surface area contributed by atoms with Gasteiger partial charge in [0.25, 0.3) is 0 Å². The van der Waals surface area contributed by atoms with Gasteiger partial charge in [-0.15, -0.1) is 0 Å². The van der Waals surface area contributed by atoms with Crippen molar-refractivity contribution in [2.75, 3.05) is 0 Å². The quantitative estimate of drug-likeness (QED) is 0.898. The molecule has 0 unspecified atom stereocenters. The zero-order chi connectivity index (χ0) is 17.6. The minimum atomic E-state index is -4.63. The molecule has 0 spiro atoms.